The molecule has 2 aliphatic rings. The Balaban J connectivity index is 1.89. The molecule has 8 heteroatoms. The smallest absolute Gasteiger partial charge is 0.327 e. The van der Waals surface area contributed by atoms with Gasteiger partial charge in [-0.3, -0.25) is 9.59 Å². The number of nitrogens with zero attached hydrogens (tertiary/aromatic N) is 1. The number of aliphatic carboxylic acids is 1. The molecule has 2 aliphatic heterocycles. The first-order chi connectivity index (χ1) is 11.2. The highest BCUT2D eigenvalue weighted by Gasteiger charge is 2.73. The molecule has 0 saturated carbocycles. The molecule has 2 heterocycles. The molecule has 3 atom stereocenters. The van der Waals surface area contributed by atoms with E-state index in [1.807, 2.05) is 0 Å². The summed E-state index contributed by atoms with van der Waals surface area (Å²) >= 11 is 1.31. The van der Waals surface area contributed by atoms with E-state index < -0.39 is 39.7 Å². The molecular weight excluding hydrogens is 332 g/mol. The Hall–Kier alpha value is -2.06. The molecule has 3 rings (SSSR count). The number of carboxylic acids is 1. The van der Waals surface area contributed by atoms with Crippen molar-refractivity contribution in [3.8, 4) is 0 Å². The van der Waals surface area contributed by atoms with Crippen molar-refractivity contribution in [3.05, 3.63) is 35.9 Å². The lowest BCUT2D eigenvalue weighted by Gasteiger charge is -2.51. The number of β-lactam (4-membered cyclic amide) rings is 1. The summed E-state index contributed by atoms with van der Waals surface area (Å²) in [4.78, 5) is 38.0. The van der Waals surface area contributed by atoms with Crippen molar-refractivity contribution in [2.45, 2.75) is 35.7 Å². The second-order valence-electron chi connectivity index (χ2n) is 6.29. The van der Waals surface area contributed by atoms with E-state index in [1.54, 1.807) is 44.2 Å². The average Bonchev–Trinajstić information content (AvgIpc) is 2.82. The third-order valence-corrected chi connectivity index (χ3v) is 6.01. The quantitative estimate of drug-likeness (QED) is 0.619. The summed E-state index contributed by atoms with van der Waals surface area (Å²) in [7, 11) is 1.34. The minimum absolute atomic E-state index is 0.400. The molecule has 2 amide bonds. The van der Waals surface area contributed by atoms with Crippen LogP contribution in [0.5, 0.6) is 0 Å². The molecule has 2 saturated heterocycles. The molecule has 2 fully saturated rings. The zero-order valence-corrected chi connectivity index (χ0v) is 14.3. The summed E-state index contributed by atoms with van der Waals surface area (Å²) in [6.07, 6.45) is 0. The fraction of sp³-hybridized carbons (Fsp3) is 0.438. The van der Waals surface area contributed by atoms with Crippen LogP contribution in [-0.4, -0.2) is 56.8 Å². The van der Waals surface area contributed by atoms with Crippen LogP contribution in [0.3, 0.4) is 0 Å². The highest BCUT2D eigenvalue weighted by molar-refractivity contribution is 8.01. The topological polar surface area (TPSA) is 95.9 Å². The lowest BCUT2D eigenvalue weighted by molar-refractivity contribution is -0.197. The summed E-state index contributed by atoms with van der Waals surface area (Å²) < 4.78 is 4.69. The normalized spacial score (nSPS) is 30.5. The molecule has 1 aromatic carbocycles. The van der Waals surface area contributed by atoms with Gasteiger partial charge in [0.25, 0.3) is 17.5 Å². The maximum absolute atomic E-state index is 12.7. The van der Waals surface area contributed by atoms with E-state index in [1.165, 1.54) is 23.8 Å². The van der Waals surface area contributed by atoms with E-state index in [2.05, 4.69) is 5.32 Å². The van der Waals surface area contributed by atoms with Gasteiger partial charge in [0.15, 0.2) is 0 Å². The third-order valence-electron chi connectivity index (χ3n) is 4.40. The van der Waals surface area contributed by atoms with Crippen LogP contribution in [0.1, 0.15) is 24.2 Å². The van der Waals surface area contributed by atoms with E-state index in [0.29, 0.717) is 5.56 Å². The molecule has 0 aromatic heterocycles. The van der Waals surface area contributed by atoms with Crippen molar-refractivity contribution in [2.75, 3.05) is 7.11 Å². The van der Waals surface area contributed by atoms with E-state index in [9.17, 15) is 19.5 Å². The molecule has 1 aromatic rings. The Bertz CT molecular complexity index is 708. The van der Waals surface area contributed by atoms with Crippen molar-refractivity contribution in [2.24, 2.45) is 0 Å². The van der Waals surface area contributed by atoms with Gasteiger partial charge >= 0.3 is 5.97 Å². The first kappa shape index (κ1) is 16.8. The monoisotopic (exact) mass is 350 g/mol. The number of nitrogens with one attached hydrogen (secondary N) is 1. The van der Waals surface area contributed by atoms with Crippen LogP contribution >= 0.6 is 11.8 Å². The second-order valence-corrected chi connectivity index (χ2v) is 8.02. The average molecular weight is 350 g/mol. The maximum Gasteiger partial charge on any atom is 0.327 e. The fourth-order valence-electron chi connectivity index (χ4n) is 3.21. The van der Waals surface area contributed by atoms with Gasteiger partial charge in [0, 0.05) is 17.4 Å². The number of hydrogen-bond donors (Lipinski definition) is 2. The molecule has 0 aliphatic carbocycles. The van der Waals surface area contributed by atoms with E-state index in [4.69, 9.17) is 4.74 Å². The zero-order valence-electron chi connectivity index (χ0n) is 13.5. The summed E-state index contributed by atoms with van der Waals surface area (Å²) in [5.74, 6) is -2.05. The van der Waals surface area contributed by atoms with Gasteiger partial charge < -0.3 is 20.1 Å². The number of carbonyl (C=O) groups excluding carboxylic acids is 2. The van der Waals surface area contributed by atoms with Crippen LogP contribution in [-0.2, 0) is 14.3 Å². The standard InChI is InChI=1S/C16H18N2O5S/c1-15(2)10(12(20)21)18-13(22)16(23-3,14(18)24-15)17-11(19)9-7-5-4-6-8-9/h4-8,10,14H,1-3H3,(H,17,19)(H,20,21)/t10-,14+,16?/m0/s1. The van der Waals surface area contributed by atoms with Crippen LogP contribution in [0.2, 0.25) is 0 Å². The van der Waals surface area contributed by atoms with Gasteiger partial charge in [-0.15, -0.1) is 11.8 Å². The number of hydrogen-bond acceptors (Lipinski definition) is 5. The van der Waals surface area contributed by atoms with Crippen LogP contribution < -0.4 is 5.32 Å². The molecular formula is C16H18N2O5S. The summed E-state index contributed by atoms with van der Waals surface area (Å²) in [6.45, 7) is 3.53. The molecule has 24 heavy (non-hydrogen) atoms. The van der Waals surface area contributed by atoms with Gasteiger partial charge in [-0.2, -0.15) is 0 Å². The number of carbonyl (C=O) groups is 3. The number of ether oxygens (including phenoxy) is 1. The van der Waals surface area contributed by atoms with Gasteiger partial charge in [-0.25, -0.2) is 4.79 Å². The summed E-state index contributed by atoms with van der Waals surface area (Å²) in [6, 6.07) is 7.52. The summed E-state index contributed by atoms with van der Waals surface area (Å²) in [5.41, 5.74) is -1.14. The fourth-order valence-corrected chi connectivity index (χ4v) is 4.89. The van der Waals surface area contributed by atoms with Crippen molar-refractivity contribution in [1.82, 2.24) is 10.2 Å². The van der Waals surface area contributed by atoms with E-state index in [0.717, 1.165) is 0 Å². The summed E-state index contributed by atoms with van der Waals surface area (Å²) in [5, 5.41) is 11.5. The first-order valence-electron chi connectivity index (χ1n) is 7.40. The second kappa shape index (κ2) is 5.49. The minimum Gasteiger partial charge on any atom is -0.480 e. The van der Waals surface area contributed by atoms with Gasteiger partial charge in [0.2, 0.25) is 0 Å². The maximum atomic E-state index is 12.7. The van der Waals surface area contributed by atoms with Gasteiger partial charge in [0.05, 0.1) is 0 Å². The van der Waals surface area contributed by atoms with Crippen LogP contribution in [0.4, 0.5) is 0 Å². The number of benzene rings is 1. The molecule has 2 N–H and O–H groups in total. The minimum atomic E-state index is -1.54. The predicted molar refractivity (Wildman–Crippen MR) is 87.4 cm³/mol. The Morgan fingerprint density at radius 3 is 2.46 bits per heavy atom. The Kier molecular flexibility index (Phi) is 3.84. The van der Waals surface area contributed by atoms with Gasteiger partial charge in [0.1, 0.15) is 11.4 Å². The highest BCUT2D eigenvalue weighted by atomic mass is 32.2. The van der Waals surface area contributed by atoms with Crippen molar-refractivity contribution < 1.29 is 24.2 Å². The van der Waals surface area contributed by atoms with Crippen molar-refractivity contribution in [3.63, 3.8) is 0 Å². The van der Waals surface area contributed by atoms with E-state index >= 15 is 0 Å². The first-order valence-corrected chi connectivity index (χ1v) is 8.28. The number of rotatable bonds is 4. The van der Waals surface area contributed by atoms with Crippen LogP contribution in [0.25, 0.3) is 0 Å². The number of methoxy groups -OCH3 is 1. The lowest BCUT2D eigenvalue weighted by Crippen LogP contribution is -2.80. The SMILES string of the molecule is COC1(NC(=O)c2ccccc2)C(=O)N2[C@@H](C(=O)O)C(C)(C)S[C@@H]21. The number of carboxylic acid groups (broad SMARTS) is 1. The largest absolute Gasteiger partial charge is 0.480 e. The van der Waals surface area contributed by atoms with E-state index in [-0.39, 0.29) is 0 Å². The van der Waals surface area contributed by atoms with Crippen LogP contribution in [0, 0.1) is 0 Å². The zero-order chi connectivity index (χ0) is 17.7. The molecule has 7 nitrogen and oxygen atoms in total. The number of fused-ring (bicyclic) bond motifs is 1. The molecule has 0 spiro atoms. The number of thioether (sulfide) groups is 1. The Morgan fingerprint density at radius 2 is 1.92 bits per heavy atom. The highest BCUT2D eigenvalue weighted by Crippen LogP contribution is 2.55. The molecule has 0 radical (unpaired) electrons. The van der Waals surface area contributed by atoms with Crippen LogP contribution in [0.15, 0.2) is 30.3 Å². The molecule has 0 bridgehead atoms. The number of amides is 2. The van der Waals surface area contributed by atoms with Gasteiger partial charge in [-0.05, 0) is 26.0 Å². The molecule has 128 valence electrons. The molecule has 1 unspecified atom stereocenters. The van der Waals surface area contributed by atoms with Gasteiger partial charge in [-0.1, -0.05) is 18.2 Å². The third kappa shape index (κ3) is 2.21. The lowest BCUT2D eigenvalue weighted by atomic mass is 9.93. The van der Waals surface area contributed by atoms with Crippen molar-refractivity contribution >= 4 is 29.5 Å². The van der Waals surface area contributed by atoms with Crippen molar-refractivity contribution in [1.29, 1.82) is 0 Å². The Morgan fingerprint density at radius 1 is 1.29 bits per heavy atom. The predicted octanol–water partition coefficient (Wildman–Crippen LogP) is 0.906. The Labute approximate surface area is 143 Å².